The number of amides is 1. The van der Waals surface area contributed by atoms with E-state index < -0.39 is 5.97 Å². The molecule has 0 spiro atoms. The van der Waals surface area contributed by atoms with E-state index in [9.17, 15) is 9.59 Å². The average molecular weight is 390 g/mol. The van der Waals surface area contributed by atoms with E-state index in [1.54, 1.807) is 12.1 Å². The largest absolute Gasteiger partial charge is 0.478 e. The van der Waals surface area contributed by atoms with Gasteiger partial charge in [0.25, 0.3) is 0 Å². The van der Waals surface area contributed by atoms with Crippen LogP contribution in [-0.2, 0) is 24.2 Å². The molecular weight excluding hydrogens is 368 g/mol. The summed E-state index contributed by atoms with van der Waals surface area (Å²) in [4.78, 5) is 23.3. The fourth-order valence-electron chi connectivity index (χ4n) is 3.59. The molecule has 0 unspecified atom stereocenters. The smallest absolute Gasteiger partial charge is 0.335 e. The molecule has 4 rings (SSSR count). The van der Waals surface area contributed by atoms with Crippen LogP contribution in [0.5, 0.6) is 0 Å². The van der Waals surface area contributed by atoms with Crippen molar-refractivity contribution >= 4 is 17.6 Å². The number of aryl methyl sites for hydroxylation is 1. The van der Waals surface area contributed by atoms with Crippen molar-refractivity contribution in [2.24, 2.45) is 0 Å². The molecule has 0 atom stereocenters. The van der Waals surface area contributed by atoms with Crippen molar-refractivity contribution in [3.05, 3.63) is 65.5 Å². The second-order valence-electron chi connectivity index (χ2n) is 7.21. The van der Waals surface area contributed by atoms with Crippen LogP contribution in [0.1, 0.15) is 41.0 Å². The highest BCUT2D eigenvalue weighted by Crippen LogP contribution is 2.25. The van der Waals surface area contributed by atoms with Crippen molar-refractivity contribution < 1.29 is 14.7 Å². The summed E-state index contributed by atoms with van der Waals surface area (Å²) in [7, 11) is 0. The first-order chi connectivity index (χ1) is 14.1. The summed E-state index contributed by atoms with van der Waals surface area (Å²) in [6.45, 7) is 0.917. The molecule has 3 aromatic rings. The molecule has 0 radical (unpaired) electrons. The first-order valence-electron chi connectivity index (χ1n) is 9.75. The van der Waals surface area contributed by atoms with Crippen LogP contribution in [0.2, 0.25) is 0 Å². The molecule has 2 heterocycles. The first kappa shape index (κ1) is 18.9. The topological polar surface area (TPSA) is 97.1 Å². The molecule has 1 aliphatic rings. The SMILES string of the molecule is O=C(Cc1ccc(C(=O)O)cc1)Nc1cccc(-c2nnc3n2CCCCC3)c1. The van der Waals surface area contributed by atoms with Crippen LogP contribution in [0.3, 0.4) is 0 Å². The lowest BCUT2D eigenvalue weighted by Crippen LogP contribution is -2.14. The third kappa shape index (κ3) is 4.34. The van der Waals surface area contributed by atoms with Gasteiger partial charge in [-0.25, -0.2) is 4.79 Å². The van der Waals surface area contributed by atoms with Crippen molar-refractivity contribution in [3.8, 4) is 11.4 Å². The highest BCUT2D eigenvalue weighted by Gasteiger charge is 2.16. The number of carbonyl (C=O) groups is 2. The fraction of sp³-hybridized carbons (Fsp3) is 0.273. The minimum absolute atomic E-state index is 0.162. The minimum Gasteiger partial charge on any atom is -0.478 e. The number of benzene rings is 2. The number of fused-ring (bicyclic) bond motifs is 1. The van der Waals surface area contributed by atoms with E-state index in [1.807, 2.05) is 24.3 Å². The zero-order valence-electron chi connectivity index (χ0n) is 16.0. The van der Waals surface area contributed by atoms with E-state index in [1.165, 1.54) is 18.6 Å². The van der Waals surface area contributed by atoms with Gasteiger partial charge in [-0.2, -0.15) is 0 Å². The molecule has 0 bridgehead atoms. The predicted molar refractivity (Wildman–Crippen MR) is 109 cm³/mol. The number of nitrogens with zero attached hydrogens (tertiary/aromatic N) is 3. The van der Waals surface area contributed by atoms with Gasteiger partial charge in [-0.15, -0.1) is 10.2 Å². The lowest BCUT2D eigenvalue weighted by atomic mass is 10.1. The van der Waals surface area contributed by atoms with Gasteiger partial charge in [0.15, 0.2) is 5.82 Å². The molecule has 7 nitrogen and oxygen atoms in total. The molecule has 2 aromatic carbocycles. The van der Waals surface area contributed by atoms with Gasteiger partial charge in [0.2, 0.25) is 5.91 Å². The van der Waals surface area contributed by atoms with Gasteiger partial charge in [-0.05, 0) is 42.7 Å². The number of hydrogen-bond acceptors (Lipinski definition) is 4. The van der Waals surface area contributed by atoms with Crippen molar-refractivity contribution in [2.75, 3.05) is 5.32 Å². The van der Waals surface area contributed by atoms with Crippen LogP contribution in [0, 0.1) is 0 Å². The molecule has 1 amide bonds. The van der Waals surface area contributed by atoms with E-state index >= 15 is 0 Å². The number of aromatic nitrogens is 3. The Morgan fingerprint density at radius 3 is 2.66 bits per heavy atom. The van der Waals surface area contributed by atoms with Crippen molar-refractivity contribution in [1.29, 1.82) is 0 Å². The van der Waals surface area contributed by atoms with Crippen molar-refractivity contribution in [3.63, 3.8) is 0 Å². The molecule has 1 aromatic heterocycles. The molecule has 0 saturated carbocycles. The summed E-state index contributed by atoms with van der Waals surface area (Å²) < 4.78 is 2.18. The van der Waals surface area contributed by atoms with Gasteiger partial charge in [0, 0.05) is 24.2 Å². The van der Waals surface area contributed by atoms with Gasteiger partial charge in [-0.3, -0.25) is 4.79 Å². The Labute approximate surface area is 168 Å². The minimum atomic E-state index is -0.982. The fourth-order valence-corrected chi connectivity index (χ4v) is 3.59. The third-order valence-electron chi connectivity index (χ3n) is 5.08. The quantitative estimate of drug-likeness (QED) is 0.694. The number of hydrogen-bond donors (Lipinski definition) is 2. The molecule has 0 saturated heterocycles. The second kappa shape index (κ2) is 8.26. The van der Waals surface area contributed by atoms with E-state index in [0.717, 1.165) is 48.6 Å². The average Bonchev–Trinajstić information content (AvgIpc) is 2.97. The van der Waals surface area contributed by atoms with E-state index in [0.29, 0.717) is 5.69 Å². The molecule has 0 fully saturated rings. The summed E-state index contributed by atoms with van der Waals surface area (Å²) in [6, 6.07) is 13.9. The van der Waals surface area contributed by atoms with Gasteiger partial charge in [0.1, 0.15) is 5.82 Å². The zero-order valence-corrected chi connectivity index (χ0v) is 16.0. The van der Waals surface area contributed by atoms with Gasteiger partial charge >= 0.3 is 5.97 Å². The van der Waals surface area contributed by atoms with Crippen molar-refractivity contribution in [1.82, 2.24) is 14.8 Å². The number of carbonyl (C=O) groups excluding carboxylic acids is 1. The molecule has 1 aliphatic heterocycles. The Morgan fingerprint density at radius 1 is 1.03 bits per heavy atom. The maximum atomic E-state index is 12.4. The van der Waals surface area contributed by atoms with E-state index in [4.69, 9.17) is 5.11 Å². The normalized spacial score (nSPS) is 13.4. The third-order valence-corrected chi connectivity index (χ3v) is 5.08. The Kier molecular flexibility index (Phi) is 5.37. The number of aromatic carboxylic acids is 1. The number of rotatable bonds is 5. The first-order valence-corrected chi connectivity index (χ1v) is 9.75. The summed E-state index contributed by atoms with van der Waals surface area (Å²) in [5.41, 5.74) is 2.58. The van der Waals surface area contributed by atoms with Crippen LogP contribution in [0.25, 0.3) is 11.4 Å². The molecular formula is C22H22N4O3. The van der Waals surface area contributed by atoms with E-state index in [2.05, 4.69) is 20.1 Å². The standard InChI is InChI=1S/C22H22N4O3/c27-20(13-15-8-10-16(11-9-15)22(28)29)23-18-6-4-5-17(14-18)21-25-24-19-7-2-1-3-12-26(19)21/h4-6,8-11,14H,1-3,7,12-13H2,(H,23,27)(H,28,29). The van der Waals surface area contributed by atoms with Gasteiger partial charge in [0.05, 0.1) is 12.0 Å². The van der Waals surface area contributed by atoms with Crippen LogP contribution >= 0.6 is 0 Å². The van der Waals surface area contributed by atoms with Crippen LogP contribution in [0.15, 0.2) is 48.5 Å². The summed E-state index contributed by atoms with van der Waals surface area (Å²) >= 11 is 0. The van der Waals surface area contributed by atoms with Crippen LogP contribution in [0.4, 0.5) is 5.69 Å². The molecule has 148 valence electrons. The number of carboxylic acids is 1. The maximum absolute atomic E-state index is 12.4. The number of anilines is 1. The number of carboxylic acid groups (broad SMARTS) is 1. The van der Waals surface area contributed by atoms with Gasteiger partial charge in [-0.1, -0.05) is 30.7 Å². The molecule has 29 heavy (non-hydrogen) atoms. The second-order valence-corrected chi connectivity index (χ2v) is 7.21. The zero-order chi connectivity index (χ0) is 20.2. The predicted octanol–water partition coefficient (Wildman–Crippen LogP) is 3.55. The molecule has 0 aliphatic carbocycles. The highest BCUT2D eigenvalue weighted by atomic mass is 16.4. The van der Waals surface area contributed by atoms with E-state index in [-0.39, 0.29) is 17.9 Å². The monoisotopic (exact) mass is 390 g/mol. The van der Waals surface area contributed by atoms with Gasteiger partial charge < -0.3 is 15.0 Å². The Morgan fingerprint density at radius 2 is 1.86 bits per heavy atom. The summed E-state index contributed by atoms with van der Waals surface area (Å²) in [6.07, 6.45) is 4.58. The lowest BCUT2D eigenvalue weighted by Gasteiger charge is -2.10. The highest BCUT2D eigenvalue weighted by molar-refractivity contribution is 5.93. The van der Waals surface area contributed by atoms with Crippen LogP contribution < -0.4 is 5.32 Å². The summed E-state index contributed by atoms with van der Waals surface area (Å²) in [5.74, 6) is 0.716. The number of nitrogens with one attached hydrogen (secondary N) is 1. The maximum Gasteiger partial charge on any atom is 0.335 e. The summed E-state index contributed by atoms with van der Waals surface area (Å²) in [5, 5.41) is 20.6. The molecule has 7 heteroatoms. The van der Waals surface area contributed by atoms with Crippen molar-refractivity contribution in [2.45, 2.75) is 38.6 Å². The Bertz CT molecular complexity index is 1040. The lowest BCUT2D eigenvalue weighted by molar-refractivity contribution is -0.115. The Hall–Kier alpha value is -3.48. The Balaban J connectivity index is 1.47. The molecule has 2 N–H and O–H groups in total. The van der Waals surface area contributed by atoms with Crippen LogP contribution in [-0.4, -0.2) is 31.7 Å².